The number of ether oxygens (including phenoxy) is 1. The van der Waals surface area contributed by atoms with Gasteiger partial charge >= 0.3 is 0 Å². The third kappa shape index (κ3) is 0.379. The molecule has 0 N–H and O–H groups in total. The van der Waals surface area contributed by atoms with Crippen LogP contribution in [0.3, 0.4) is 0 Å². The minimum atomic E-state index is 0.579. The first kappa shape index (κ1) is 3.53. The summed E-state index contributed by atoms with van der Waals surface area (Å²) in [6.45, 7) is 0. The molecule has 7 heavy (non-hydrogen) atoms. The lowest BCUT2D eigenvalue weighted by Gasteiger charge is -2.03. The molecule has 1 nitrogen and oxygen atoms in total. The summed E-state index contributed by atoms with van der Waals surface area (Å²) in [6.07, 6.45) is 6.29. The normalized spacial score (nSPS) is 35.4. The van der Waals surface area contributed by atoms with Crippen LogP contribution in [0.4, 0.5) is 0 Å². The Bertz CT molecular complexity index is 115. The molecule has 1 atom stereocenters. The van der Waals surface area contributed by atoms with Crippen molar-refractivity contribution in [2.45, 2.75) is 25.4 Å². The monoisotopic (exact) mass is 96.1 g/mol. The minimum Gasteiger partial charge on any atom is -0.498 e. The van der Waals surface area contributed by atoms with Crippen molar-refractivity contribution in [2.24, 2.45) is 0 Å². The fourth-order valence-corrected chi connectivity index (χ4v) is 1.26. The molecule has 1 unspecified atom stereocenters. The Balaban J connectivity index is 2.30. The molecule has 0 aromatic rings. The van der Waals surface area contributed by atoms with E-state index in [1.54, 1.807) is 0 Å². The van der Waals surface area contributed by atoms with E-state index in [0.717, 1.165) is 0 Å². The molecule has 1 saturated carbocycles. The topological polar surface area (TPSA) is 9.23 Å². The number of hydrogen-bond donors (Lipinski definition) is 0. The van der Waals surface area contributed by atoms with Gasteiger partial charge in [0.15, 0.2) is 0 Å². The third-order valence-corrected chi connectivity index (χ3v) is 1.70. The highest BCUT2D eigenvalue weighted by molar-refractivity contribution is 5.11. The Hall–Kier alpha value is -0.460. The van der Waals surface area contributed by atoms with E-state index in [1.807, 2.05) is 6.26 Å². The van der Waals surface area contributed by atoms with E-state index in [0.29, 0.717) is 6.10 Å². The SMILES string of the molecule is C1=C2CCC(C2)O1. The van der Waals surface area contributed by atoms with Crippen molar-refractivity contribution in [3.63, 3.8) is 0 Å². The highest BCUT2D eigenvalue weighted by atomic mass is 16.5. The van der Waals surface area contributed by atoms with Gasteiger partial charge in [0.1, 0.15) is 6.10 Å². The summed E-state index contributed by atoms with van der Waals surface area (Å²) in [4.78, 5) is 0. The van der Waals surface area contributed by atoms with Gasteiger partial charge in [0.25, 0.3) is 0 Å². The van der Waals surface area contributed by atoms with E-state index >= 15 is 0 Å². The average molecular weight is 96.1 g/mol. The minimum absolute atomic E-state index is 0.579. The molecule has 0 aromatic heterocycles. The van der Waals surface area contributed by atoms with Crippen molar-refractivity contribution in [2.75, 3.05) is 0 Å². The molecule has 1 fully saturated rings. The molecular weight excluding hydrogens is 88.1 g/mol. The molecule has 1 heteroatoms. The molecule has 0 amide bonds. The Morgan fingerprint density at radius 1 is 1.71 bits per heavy atom. The van der Waals surface area contributed by atoms with Crippen molar-refractivity contribution in [3.8, 4) is 0 Å². The quantitative estimate of drug-likeness (QED) is 0.443. The van der Waals surface area contributed by atoms with Gasteiger partial charge in [-0.3, -0.25) is 0 Å². The summed E-state index contributed by atoms with van der Waals surface area (Å²) >= 11 is 0. The van der Waals surface area contributed by atoms with Crippen LogP contribution in [0.15, 0.2) is 11.8 Å². The lowest BCUT2D eigenvalue weighted by molar-refractivity contribution is 0.165. The summed E-state index contributed by atoms with van der Waals surface area (Å²) in [5, 5.41) is 0. The third-order valence-electron chi connectivity index (χ3n) is 1.70. The highest BCUT2D eigenvalue weighted by Crippen LogP contribution is 2.32. The van der Waals surface area contributed by atoms with E-state index in [2.05, 4.69) is 0 Å². The van der Waals surface area contributed by atoms with Crippen LogP contribution >= 0.6 is 0 Å². The molecule has 2 bridgehead atoms. The molecule has 0 saturated heterocycles. The van der Waals surface area contributed by atoms with Crippen LogP contribution in [-0.2, 0) is 4.74 Å². The summed E-state index contributed by atoms with van der Waals surface area (Å²) < 4.78 is 5.19. The van der Waals surface area contributed by atoms with E-state index in [9.17, 15) is 0 Å². The fraction of sp³-hybridized carbons (Fsp3) is 0.667. The molecule has 1 heterocycles. The predicted molar refractivity (Wildman–Crippen MR) is 26.8 cm³/mol. The first-order valence-corrected chi connectivity index (χ1v) is 2.78. The van der Waals surface area contributed by atoms with E-state index < -0.39 is 0 Å². The van der Waals surface area contributed by atoms with Gasteiger partial charge in [-0.05, 0) is 18.4 Å². The highest BCUT2D eigenvalue weighted by Gasteiger charge is 2.24. The van der Waals surface area contributed by atoms with Crippen molar-refractivity contribution in [3.05, 3.63) is 11.8 Å². The Kier molecular flexibility index (Phi) is 0.518. The van der Waals surface area contributed by atoms with Crippen molar-refractivity contribution < 1.29 is 4.74 Å². The molecule has 0 aromatic carbocycles. The second kappa shape index (κ2) is 1.03. The summed E-state index contributed by atoms with van der Waals surface area (Å²) in [5.41, 5.74) is 1.52. The average Bonchev–Trinajstić information content (AvgIpc) is 2.22. The second-order valence-corrected chi connectivity index (χ2v) is 2.28. The number of rotatable bonds is 0. The van der Waals surface area contributed by atoms with Gasteiger partial charge in [0.2, 0.25) is 0 Å². The van der Waals surface area contributed by atoms with Gasteiger partial charge in [-0.2, -0.15) is 0 Å². The maximum atomic E-state index is 5.19. The van der Waals surface area contributed by atoms with E-state index in [4.69, 9.17) is 4.74 Å². The van der Waals surface area contributed by atoms with Crippen LogP contribution in [-0.4, -0.2) is 6.10 Å². The van der Waals surface area contributed by atoms with Gasteiger partial charge < -0.3 is 4.74 Å². The molecule has 2 aliphatic rings. The zero-order valence-corrected chi connectivity index (χ0v) is 4.18. The fourth-order valence-electron chi connectivity index (χ4n) is 1.26. The van der Waals surface area contributed by atoms with Gasteiger partial charge in [-0.1, -0.05) is 0 Å². The maximum absolute atomic E-state index is 5.19. The number of hydrogen-bond acceptors (Lipinski definition) is 1. The van der Waals surface area contributed by atoms with E-state index in [1.165, 1.54) is 24.8 Å². The lowest BCUT2D eigenvalue weighted by atomic mass is 10.3. The molecule has 1 aliphatic heterocycles. The largest absolute Gasteiger partial charge is 0.498 e. The van der Waals surface area contributed by atoms with Crippen LogP contribution in [0.5, 0.6) is 0 Å². The zero-order chi connectivity index (χ0) is 4.69. The Morgan fingerprint density at radius 3 is 2.86 bits per heavy atom. The van der Waals surface area contributed by atoms with Crippen LogP contribution in [0.2, 0.25) is 0 Å². The molecule has 2 rings (SSSR count). The Morgan fingerprint density at radius 2 is 2.71 bits per heavy atom. The maximum Gasteiger partial charge on any atom is 0.102 e. The van der Waals surface area contributed by atoms with Crippen molar-refractivity contribution >= 4 is 0 Å². The van der Waals surface area contributed by atoms with Crippen LogP contribution < -0.4 is 0 Å². The first-order valence-electron chi connectivity index (χ1n) is 2.78. The first-order chi connectivity index (χ1) is 3.45. The van der Waals surface area contributed by atoms with Gasteiger partial charge in [0.05, 0.1) is 6.26 Å². The van der Waals surface area contributed by atoms with Gasteiger partial charge in [0, 0.05) is 6.42 Å². The molecule has 38 valence electrons. The number of fused-ring (bicyclic) bond motifs is 2. The molecule has 0 radical (unpaired) electrons. The second-order valence-electron chi connectivity index (χ2n) is 2.28. The zero-order valence-electron chi connectivity index (χ0n) is 4.18. The molecular formula is C6H8O. The van der Waals surface area contributed by atoms with Crippen LogP contribution in [0.1, 0.15) is 19.3 Å². The predicted octanol–water partition coefficient (Wildman–Crippen LogP) is 1.45. The van der Waals surface area contributed by atoms with Crippen molar-refractivity contribution in [1.82, 2.24) is 0 Å². The standard InChI is InChI=1S/C6H8O/c1-2-6-3-5(1)4-7-6/h4,6H,1-3H2. The van der Waals surface area contributed by atoms with E-state index in [-0.39, 0.29) is 0 Å². The smallest absolute Gasteiger partial charge is 0.102 e. The van der Waals surface area contributed by atoms with Crippen LogP contribution in [0.25, 0.3) is 0 Å². The lowest BCUT2D eigenvalue weighted by Crippen LogP contribution is -1.98. The summed E-state index contributed by atoms with van der Waals surface area (Å²) in [5.74, 6) is 0. The van der Waals surface area contributed by atoms with Crippen LogP contribution in [0, 0.1) is 0 Å². The van der Waals surface area contributed by atoms with Crippen molar-refractivity contribution in [1.29, 1.82) is 0 Å². The summed E-state index contributed by atoms with van der Waals surface area (Å²) in [6, 6.07) is 0. The summed E-state index contributed by atoms with van der Waals surface area (Å²) in [7, 11) is 0. The van der Waals surface area contributed by atoms with Gasteiger partial charge in [-0.25, -0.2) is 0 Å². The molecule has 1 aliphatic carbocycles. The Labute approximate surface area is 43.0 Å². The van der Waals surface area contributed by atoms with Gasteiger partial charge in [-0.15, -0.1) is 0 Å². The molecule has 0 spiro atoms.